The number of carbonyl (C=O) groups excluding carboxylic acids is 1. The number of amides is 1. The Labute approximate surface area is 103 Å². The third-order valence-corrected chi connectivity index (χ3v) is 2.56. The van der Waals surface area contributed by atoms with Crippen LogP contribution in [0, 0.1) is 5.92 Å². The Bertz CT molecular complexity index is 361. The zero-order valence-corrected chi connectivity index (χ0v) is 10.6. The molecule has 0 fully saturated rings. The first kappa shape index (κ1) is 13.6. The lowest BCUT2D eigenvalue weighted by Gasteiger charge is -2.07. The van der Waals surface area contributed by atoms with Crippen molar-refractivity contribution in [3.8, 4) is 5.75 Å². The Hall–Kier alpha value is -1.51. The highest BCUT2D eigenvalue weighted by atomic mass is 16.3. The van der Waals surface area contributed by atoms with Crippen LogP contribution in [-0.2, 0) is 11.2 Å². The third-order valence-electron chi connectivity index (χ3n) is 2.56. The molecule has 0 heterocycles. The van der Waals surface area contributed by atoms with E-state index in [4.69, 9.17) is 0 Å². The monoisotopic (exact) mass is 235 g/mol. The maximum atomic E-state index is 11.6. The van der Waals surface area contributed by atoms with Gasteiger partial charge in [0.05, 0.1) is 6.42 Å². The van der Waals surface area contributed by atoms with E-state index in [1.165, 1.54) is 0 Å². The van der Waals surface area contributed by atoms with Gasteiger partial charge in [-0.05, 0) is 36.5 Å². The van der Waals surface area contributed by atoms with E-state index in [9.17, 15) is 9.90 Å². The molecule has 0 aliphatic heterocycles. The first-order chi connectivity index (χ1) is 8.08. The summed E-state index contributed by atoms with van der Waals surface area (Å²) in [5.74, 6) is 0.896. The summed E-state index contributed by atoms with van der Waals surface area (Å²) in [7, 11) is 0. The SMILES string of the molecule is CC(C)CCCNC(=O)Cc1cccc(O)c1. The summed E-state index contributed by atoms with van der Waals surface area (Å²) in [6, 6.07) is 6.81. The molecule has 94 valence electrons. The van der Waals surface area contributed by atoms with Crippen molar-refractivity contribution < 1.29 is 9.90 Å². The standard InChI is InChI=1S/C14H21NO2/c1-11(2)5-4-8-15-14(17)10-12-6-3-7-13(16)9-12/h3,6-7,9,11,16H,4-5,8,10H2,1-2H3,(H,15,17). The molecule has 0 aromatic heterocycles. The fourth-order valence-electron chi connectivity index (χ4n) is 1.65. The highest BCUT2D eigenvalue weighted by molar-refractivity contribution is 5.78. The first-order valence-corrected chi connectivity index (χ1v) is 6.12. The molecule has 0 aliphatic rings. The van der Waals surface area contributed by atoms with Crippen molar-refractivity contribution in [2.45, 2.75) is 33.1 Å². The predicted molar refractivity (Wildman–Crippen MR) is 68.9 cm³/mol. The van der Waals surface area contributed by atoms with Crippen molar-refractivity contribution in [3.63, 3.8) is 0 Å². The molecule has 3 heteroatoms. The number of phenolic OH excluding ortho intramolecular Hbond substituents is 1. The Balaban J connectivity index is 2.25. The van der Waals surface area contributed by atoms with Crippen LogP contribution in [-0.4, -0.2) is 17.6 Å². The number of phenols is 1. The summed E-state index contributed by atoms with van der Waals surface area (Å²) < 4.78 is 0. The second kappa shape index (κ2) is 6.94. The first-order valence-electron chi connectivity index (χ1n) is 6.12. The number of nitrogens with one attached hydrogen (secondary N) is 1. The molecule has 0 spiro atoms. The van der Waals surface area contributed by atoms with Crippen LogP contribution >= 0.6 is 0 Å². The molecular formula is C14H21NO2. The molecule has 0 bridgehead atoms. The van der Waals surface area contributed by atoms with Crippen LogP contribution in [0.5, 0.6) is 5.75 Å². The van der Waals surface area contributed by atoms with E-state index in [0.29, 0.717) is 12.3 Å². The number of aromatic hydroxyl groups is 1. The van der Waals surface area contributed by atoms with Gasteiger partial charge in [-0.1, -0.05) is 26.0 Å². The molecule has 1 rings (SSSR count). The molecule has 0 aliphatic carbocycles. The Morgan fingerprint density at radius 3 is 2.82 bits per heavy atom. The van der Waals surface area contributed by atoms with Crippen LogP contribution in [0.3, 0.4) is 0 Å². The maximum Gasteiger partial charge on any atom is 0.224 e. The minimum absolute atomic E-state index is 0.0133. The topological polar surface area (TPSA) is 49.3 Å². The van der Waals surface area contributed by atoms with Gasteiger partial charge in [0.1, 0.15) is 5.75 Å². The number of carbonyl (C=O) groups is 1. The number of rotatable bonds is 6. The molecule has 0 unspecified atom stereocenters. The molecular weight excluding hydrogens is 214 g/mol. The lowest BCUT2D eigenvalue weighted by atomic mass is 10.1. The third kappa shape index (κ3) is 5.95. The Morgan fingerprint density at radius 1 is 1.41 bits per heavy atom. The van der Waals surface area contributed by atoms with E-state index < -0.39 is 0 Å². The number of hydrogen-bond acceptors (Lipinski definition) is 2. The molecule has 3 nitrogen and oxygen atoms in total. The zero-order chi connectivity index (χ0) is 12.7. The largest absolute Gasteiger partial charge is 0.508 e. The van der Waals surface area contributed by atoms with Crippen molar-refractivity contribution in [1.82, 2.24) is 5.32 Å². The van der Waals surface area contributed by atoms with Gasteiger partial charge in [-0.25, -0.2) is 0 Å². The van der Waals surface area contributed by atoms with Crippen LogP contribution in [0.2, 0.25) is 0 Å². The lowest BCUT2D eigenvalue weighted by molar-refractivity contribution is -0.120. The van der Waals surface area contributed by atoms with Gasteiger partial charge in [-0.3, -0.25) is 4.79 Å². The maximum absolute atomic E-state index is 11.6. The van der Waals surface area contributed by atoms with Gasteiger partial charge in [0.15, 0.2) is 0 Å². The van der Waals surface area contributed by atoms with Crippen LogP contribution < -0.4 is 5.32 Å². The second-order valence-corrected chi connectivity index (χ2v) is 4.73. The van der Waals surface area contributed by atoms with Gasteiger partial charge >= 0.3 is 0 Å². The molecule has 1 aromatic rings. The van der Waals surface area contributed by atoms with E-state index in [0.717, 1.165) is 24.9 Å². The van der Waals surface area contributed by atoms with Gasteiger partial charge in [0.25, 0.3) is 0 Å². The summed E-state index contributed by atoms with van der Waals surface area (Å²) in [5.41, 5.74) is 0.839. The highest BCUT2D eigenvalue weighted by Crippen LogP contribution is 2.11. The molecule has 0 radical (unpaired) electrons. The summed E-state index contributed by atoms with van der Waals surface area (Å²) >= 11 is 0. The molecule has 17 heavy (non-hydrogen) atoms. The summed E-state index contributed by atoms with van der Waals surface area (Å²) in [6.45, 7) is 5.08. The smallest absolute Gasteiger partial charge is 0.224 e. The fourth-order valence-corrected chi connectivity index (χ4v) is 1.65. The average molecular weight is 235 g/mol. The van der Waals surface area contributed by atoms with Gasteiger partial charge in [0, 0.05) is 6.54 Å². The second-order valence-electron chi connectivity index (χ2n) is 4.73. The normalized spacial score (nSPS) is 10.5. The zero-order valence-electron chi connectivity index (χ0n) is 10.6. The number of benzene rings is 1. The van der Waals surface area contributed by atoms with Crippen molar-refractivity contribution in [3.05, 3.63) is 29.8 Å². The van der Waals surface area contributed by atoms with E-state index in [1.54, 1.807) is 18.2 Å². The summed E-state index contributed by atoms with van der Waals surface area (Å²) in [4.78, 5) is 11.6. The quantitative estimate of drug-likeness (QED) is 0.744. The lowest BCUT2D eigenvalue weighted by Crippen LogP contribution is -2.26. The van der Waals surface area contributed by atoms with E-state index in [1.807, 2.05) is 6.07 Å². The Morgan fingerprint density at radius 2 is 2.18 bits per heavy atom. The summed E-state index contributed by atoms with van der Waals surface area (Å²) in [6.07, 6.45) is 2.48. The number of hydrogen-bond donors (Lipinski definition) is 2. The average Bonchev–Trinajstić information content (AvgIpc) is 2.24. The van der Waals surface area contributed by atoms with Crippen molar-refractivity contribution in [1.29, 1.82) is 0 Å². The van der Waals surface area contributed by atoms with Gasteiger partial charge in [0.2, 0.25) is 5.91 Å². The van der Waals surface area contributed by atoms with E-state index in [-0.39, 0.29) is 11.7 Å². The predicted octanol–water partition coefficient (Wildman–Crippen LogP) is 2.49. The van der Waals surface area contributed by atoms with Crippen LogP contribution in [0.4, 0.5) is 0 Å². The molecule has 0 saturated carbocycles. The van der Waals surface area contributed by atoms with Crippen molar-refractivity contribution in [2.24, 2.45) is 5.92 Å². The summed E-state index contributed by atoms with van der Waals surface area (Å²) in [5, 5.41) is 12.2. The van der Waals surface area contributed by atoms with Crippen LogP contribution in [0.15, 0.2) is 24.3 Å². The van der Waals surface area contributed by atoms with Crippen LogP contribution in [0.1, 0.15) is 32.3 Å². The fraction of sp³-hybridized carbons (Fsp3) is 0.500. The van der Waals surface area contributed by atoms with Crippen LogP contribution in [0.25, 0.3) is 0 Å². The van der Waals surface area contributed by atoms with Gasteiger partial charge in [-0.2, -0.15) is 0 Å². The molecule has 0 atom stereocenters. The van der Waals surface area contributed by atoms with E-state index >= 15 is 0 Å². The molecule has 2 N–H and O–H groups in total. The Kier molecular flexibility index (Phi) is 5.53. The molecule has 1 aromatic carbocycles. The minimum Gasteiger partial charge on any atom is -0.508 e. The molecule has 0 saturated heterocycles. The molecule has 1 amide bonds. The van der Waals surface area contributed by atoms with Crippen molar-refractivity contribution in [2.75, 3.05) is 6.54 Å². The highest BCUT2D eigenvalue weighted by Gasteiger charge is 2.03. The van der Waals surface area contributed by atoms with Gasteiger partial charge in [-0.15, -0.1) is 0 Å². The van der Waals surface area contributed by atoms with Gasteiger partial charge < -0.3 is 10.4 Å². The minimum atomic E-state index is 0.0133. The van der Waals surface area contributed by atoms with E-state index in [2.05, 4.69) is 19.2 Å². The van der Waals surface area contributed by atoms with Crippen molar-refractivity contribution >= 4 is 5.91 Å².